The zero-order valence-electron chi connectivity index (χ0n) is 10.7. The highest BCUT2D eigenvalue weighted by Crippen LogP contribution is 2.27. The number of nitrogen functional groups attached to an aromatic ring is 1. The Kier molecular flexibility index (Phi) is 4.15. The minimum Gasteiger partial charge on any atom is -0.399 e. The largest absolute Gasteiger partial charge is 0.399 e. The highest BCUT2D eigenvalue weighted by molar-refractivity contribution is 7.90. The molecule has 2 N–H and O–H groups in total. The summed E-state index contributed by atoms with van der Waals surface area (Å²) in [6, 6.07) is 9.58. The number of sulfone groups is 1. The van der Waals surface area contributed by atoms with Crippen molar-refractivity contribution in [2.24, 2.45) is 0 Å². The van der Waals surface area contributed by atoms with Crippen LogP contribution in [0.5, 0.6) is 0 Å². The maximum Gasteiger partial charge on any atom is 0.269 e. The van der Waals surface area contributed by atoms with Gasteiger partial charge in [0.2, 0.25) is 0 Å². The molecule has 0 saturated heterocycles. The molecule has 0 aliphatic carbocycles. The van der Waals surface area contributed by atoms with Gasteiger partial charge in [-0.15, -0.1) is 0 Å². The fourth-order valence-electron chi connectivity index (χ4n) is 1.83. The number of hydrogen-bond donors (Lipinski definition) is 1. The molecular formula is C13H11ClN2O4S. The maximum absolute atomic E-state index is 12.3. The van der Waals surface area contributed by atoms with Crippen molar-refractivity contribution < 1.29 is 13.3 Å². The van der Waals surface area contributed by atoms with Crippen LogP contribution in [-0.4, -0.2) is 13.3 Å². The SMILES string of the molecule is Nc1ccc(S(=O)(=O)Cc2cccc([N+](=O)[O-])c2)c(Cl)c1. The van der Waals surface area contributed by atoms with E-state index in [2.05, 4.69) is 0 Å². The molecule has 0 bridgehead atoms. The standard InChI is InChI=1S/C13H11ClN2O4S/c14-12-7-10(15)4-5-13(12)21(19,20)8-9-2-1-3-11(6-9)16(17)18/h1-7H,8,15H2. The predicted molar refractivity (Wildman–Crippen MR) is 79.9 cm³/mol. The highest BCUT2D eigenvalue weighted by Gasteiger charge is 2.20. The van der Waals surface area contributed by atoms with Crippen LogP contribution in [0, 0.1) is 10.1 Å². The molecule has 0 amide bonds. The summed E-state index contributed by atoms with van der Waals surface area (Å²) in [7, 11) is -3.71. The van der Waals surface area contributed by atoms with Crippen LogP contribution in [0.2, 0.25) is 5.02 Å². The summed E-state index contributed by atoms with van der Waals surface area (Å²) in [6.45, 7) is 0. The van der Waals surface area contributed by atoms with E-state index in [9.17, 15) is 18.5 Å². The zero-order valence-corrected chi connectivity index (χ0v) is 12.3. The summed E-state index contributed by atoms with van der Waals surface area (Å²) in [6.07, 6.45) is 0. The van der Waals surface area contributed by atoms with Crippen LogP contribution in [0.4, 0.5) is 11.4 Å². The normalized spacial score (nSPS) is 11.3. The Hall–Kier alpha value is -2.12. The van der Waals surface area contributed by atoms with Crippen LogP contribution in [0.15, 0.2) is 47.4 Å². The van der Waals surface area contributed by atoms with Crippen LogP contribution in [0.1, 0.15) is 5.56 Å². The van der Waals surface area contributed by atoms with Crippen molar-refractivity contribution in [3.63, 3.8) is 0 Å². The molecule has 0 aliphatic heterocycles. The van der Waals surface area contributed by atoms with E-state index in [4.69, 9.17) is 17.3 Å². The quantitative estimate of drug-likeness (QED) is 0.528. The first-order chi connectivity index (χ1) is 9.79. The summed E-state index contributed by atoms with van der Waals surface area (Å²) in [5, 5.41) is 10.7. The van der Waals surface area contributed by atoms with Crippen LogP contribution in [0.3, 0.4) is 0 Å². The molecule has 0 fully saturated rings. The average Bonchev–Trinajstić information content (AvgIpc) is 2.37. The van der Waals surface area contributed by atoms with Crippen molar-refractivity contribution >= 4 is 32.8 Å². The molecule has 0 heterocycles. The Morgan fingerprint density at radius 1 is 1.19 bits per heavy atom. The van der Waals surface area contributed by atoms with Gasteiger partial charge in [0, 0.05) is 17.8 Å². The van der Waals surface area contributed by atoms with Crippen LogP contribution in [-0.2, 0) is 15.6 Å². The second-order valence-electron chi connectivity index (χ2n) is 4.38. The maximum atomic E-state index is 12.3. The number of rotatable bonds is 4. The topological polar surface area (TPSA) is 103 Å². The lowest BCUT2D eigenvalue weighted by Gasteiger charge is -2.07. The average molecular weight is 327 g/mol. The molecule has 2 aromatic rings. The molecule has 0 aromatic heterocycles. The van der Waals surface area contributed by atoms with Gasteiger partial charge in [-0.1, -0.05) is 23.7 Å². The lowest BCUT2D eigenvalue weighted by atomic mass is 10.2. The van der Waals surface area contributed by atoms with Crippen LogP contribution in [0.25, 0.3) is 0 Å². The molecule has 6 nitrogen and oxygen atoms in total. The predicted octanol–water partition coefficient (Wildman–Crippen LogP) is 2.80. The third kappa shape index (κ3) is 3.50. The number of halogens is 1. The second-order valence-corrected chi connectivity index (χ2v) is 6.74. The van der Waals surface area contributed by atoms with E-state index in [1.807, 2.05) is 0 Å². The lowest BCUT2D eigenvalue weighted by molar-refractivity contribution is -0.384. The molecule has 8 heteroatoms. The smallest absolute Gasteiger partial charge is 0.269 e. The Bertz CT molecular complexity index is 806. The van der Waals surface area contributed by atoms with E-state index in [1.54, 1.807) is 0 Å². The second kappa shape index (κ2) is 5.71. The van der Waals surface area contributed by atoms with Gasteiger partial charge < -0.3 is 5.73 Å². The lowest BCUT2D eigenvalue weighted by Crippen LogP contribution is -2.06. The van der Waals surface area contributed by atoms with Crippen molar-refractivity contribution in [3.05, 3.63) is 63.2 Å². The fraction of sp³-hybridized carbons (Fsp3) is 0.0769. The van der Waals surface area contributed by atoms with E-state index in [-0.39, 0.29) is 21.4 Å². The van der Waals surface area contributed by atoms with Crippen molar-refractivity contribution in [3.8, 4) is 0 Å². The van der Waals surface area contributed by atoms with Gasteiger partial charge in [-0.25, -0.2) is 8.42 Å². The van der Waals surface area contributed by atoms with Gasteiger partial charge >= 0.3 is 0 Å². The molecule has 0 radical (unpaired) electrons. The molecule has 0 unspecified atom stereocenters. The number of nitrogens with two attached hydrogens (primary N) is 1. The zero-order chi connectivity index (χ0) is 15.6. The first-order valence-electron chi connectivity index (χ1n) is 5.81. The monoisotopic (exact) mass is 326 g/mol. The van der Waals surface area contributed by atoms with E-state index in [1.165, 1.54) is 42.5 Å². The molecule has 21 heavy (non-hydrogen) atoms. The summed E-state index contributed by atoms with van der Waals surface area (Å²) in [5.41, 5.74) is 6.03. The number of anilines is 1. The van der Waals surface area contributed by atoms with Crippen molar-refractivity contribution in [1.29, 1.82) is 0 Å². The first-order valence-corrected chi connectivity index (χ1v) is 7.84. The van der Waals surface area contributed by atoms with Gasteiger partial charge in [0.15, 0.2) is 9.84 Å². The molecular weight excluding hydrogens is 316 g/mol. The van der Waals surface area contributed by atoms with Gasteiger partial charge in [0.25, 0.3) is 5.69 Å². The van der Waals surface area contributed by atoms with Gasteiger partial charge in [0.05, 0.1) is 20.6 Å². The summed E-state index contributed by atoms with van der Waals surface area (Å²) in [4.78, 5) is 10.1. The van der Waals surface area contributed by atoms with E-state index >= 15 is 0 Å². The molecule has 110 valence electrons. The minimum atomic E-state index is -3.71. The Morgan fingerprint density at radius 3 is 2.52 bits per heavy atom. The van der Waals surface area contributed by atoms with E-state index in [0.717, 1.165) is 0 Å². The number of nitro groups is 1. The number of nitrogens with zero attached hydrogens (tertiary/aromatic N) is 1. The van der Waals surface area contributed by atoms with Crippen LogP contribution < -0.4 is 5.73 Å². The molecule has 2 rings (SSSR count). The van der Waals surface area contributed by atoms with Gasteiger partial charge in [0.1, 0.15) is 0 Å². The highest BCUT2D eigenvalue weighted by atomic mass is 35.5. The number of nitro benzene ring substituents is 1. The molecule has 0 aliphatic rings. The third-order valence-electron chi connectivity index (χ3n) is 2.77. The summed E-state index contributed by atoms with van der Waals surface area (Å²) >= 11 is 5.89. The van der Waals surface area contributed by atoms with E-state index in [0.29, 0.717) is 11.3 Å². The fourth-order valence-corrected chi connectivity index (χ4v) is 3.77. The third-order valence-corrected chi connectivity index (χ3v) is 4.93. The van der Waals surface area contributed by atoms with Gasteiger partial charge in [-0.3, -0.25) is 10.1 Å². The summed E-state index contributed by atoms with van der Waals surface area (Å²) < 4.78 is 24.6. The van der Waals surface area contributed by atoms with Crippen molar-refractivity contribution in [1.82, 2.24) is 0 Å². The number of hydrogen-bond acceptors (Lipinski definition) is 5. The number of benzene rings is 2. The number of non-ortho nitro benzene ring substituents is 1. The Balaban J connectivity index is 2.37. The minimum absolute atomic E-state index is 0.0282. The first kappa shape index (κ1) is 15.3. The van der Waals surface area contributed by atoms with E-state index < -0.39 is 14.8 Å². The van der Waals surface area contributed by atoms with Gasteiger partial charge in [-0.05, 0) is 23.8 Å². The summed E-state index contributed by atoms with van der Waals surface area (Å²) in [5.74, 6) is -0.377. The molecule has 0 saturated carbocycles. The Labute approximate surface area is 126 Å². The van der Waals surface area contributed by atoms with Crippen LogP contribution >= 0.6 is 11.6 Å². The van der Waals surface area contributed by atoms with Crippen molar-refractivity contribution in [2.75, 3.05) is 5.73 Å². The molecule has 0 atom stereocenters. The Morgan fingerprint density at radius 2 is 1.90 bits per heavy atom. The molecule has 2 aromatic carbocycles. The van der Waals surface area contributed by atoms with Crippen molar-refractivity contribution in [2.45, 2.75) is 10.6 Å². The van der Waals surface area contributed by atoms with Gasteiger partial charge in [-0.2, -0.15) is 0 Å². The molecule has 0 spiro atoms.